The Hall–Kier alpha value is -4.43. The molecular weight excluding hydrogens is 652 g/mol. The van der Waals surface area contributed by atoms with Crippen molar-refractivity contribution < 1.29 is 33.3 Å². The summed E-state index contributed by atoms with van der Waals surface area (Å²) >= 11 is 0. The molecule has 0 N–H and O–H groups in total. The van der Waals surface area contributed by atoms with Gasteiger partial charge >= 0.3 is 5.97 Å². The zero-order chi connectivity index (χ0) is 37.6. The van der Waals surface area contributed by atoms with Crippen LogP contribution >= 0.6 is 0 Å². The maximum Gasteiger partial charge on any atom is 0.357 e. The van der Waals surface area contributed by atoms with Crippen molar-refractivity contribution in [2.75, 3.05) is 19.8 Å². The largest absolute Gasteiger partial charge is 0.436 e. The molecule has 0 aliphatic rings. The van der Waals surface area contributed by atoms with Gasteiger partial charge in [-0.1, -0.05) is 140 Å². The number of ether oxygens (including phenoxy) is 4. The Kier molecular flexibility index (Phi) is 15.1. The average Bonchev–Trinajstić information content (AvgIpc) is 3.18. The van der Waals surface area contributed by atoms with Gasteiger partial charge in [0.2, 0.25) is 0 Å². The Labute approximate surface area is 308 Å². The first-order valence-electron chi connectivity index (χ1n) is 18.7. The molecule has 0 heterocycles. The van der Waals surface area contributed by atoms with Gasteiger partial charge in [-0.3, -0.25) is 14.4 Å². The minimum absolute atomic E-state index is 0.0877. The van der Waals surface area contributed by atoms with Crippen molar-refractivity contribution in [3.8, 4) is 5.75 Å². The third kappa shape index (κ3) is 8.28. The van der Waals surface area contributed by atoms with E-state index in [1.54, 1.807) is 0 Å². The Morgan fingerprint density at radius 1 is 0.577 bits per heavy atom. The van der Waals surface area contributed by atoms with Gasteiger partial charge in [0.05, 0.1) is 13.2 Å². The smallest absolute Gasteiger partial charge is 0.357 e. The monoisotopic (exact) mass is 706 g/mol. The first-order valence-corrected chi connectivity index (χ1v) is 18.7. The number of fused-ring (bicyclic) bond motifs is 6. The van der Waals surface area contributed by atoms with Crippen LogP contribution in [-0.2, 0) is 28.6 Å². The molecule has 0 saturated carbocycles. The van der Waals surface area contributed by atoms with E-state index in [9.17, 15) is 14.4 Å². The highest BCUT2D eigenvalue weighted by Gasteiger charge is 2.66. The summed E-state index contributed by atoms with van der Waals surface area (Å²) in [6.45, 7) is 17.7. The van der Waals surface area contributed by atoms with E-state index in [1.807, 2.05) is 48.5 Å². The molecule has 0 bridgehead atoms. The van der Waals surface area contributed by atoms with Gasteiger partial charge in [0.15, 0.2) is 28.9 Å². The van der Waals surface area contributed by atoms with Crippen LogP contribution in [0.15, 0.2) is 105 Å². The number of rotatable bonds is 25. The minimum atomic E-state index is -2.55. The second kappa shape index (κ2) is 19.4. The first-order chi connectivity index (χ1) is 25.3. The molecule has 0 saturated heterocycles. The van der Waals surface area contributed by atoms with Crippen LogP contribution in [0.5, 0.6) is 5.75 Å². The summed E-state index contributed by atoms with van der Waals surface area (Å²) in [5, 5.41) is 5.76. The van der Waals surface area contributed by atoms with Crippen LogP contribution in [0.25, 0.3) is 32.3 Å². The van der Waals surface area contributed by atoms with Gasteiger partial charge < -0.3 is 18.9 Å². The molecule has 0 fully saturated rings. The summed E-state index contributed by atoms with van der Waals surface area (Å²) in [7, 11) is 0. The molecule has 0 aliphatic carbocycles. The molecule has 0 spiro atoms. The highest BCUT2D eigenvalue weighted by Crippen LogP contribution is 2.45. The average molecular weight is 707 g/mol. The third-order valence-electron chi connectivity index (χ3n) is 9.55. The van der Waals surface area contributed by atoms with E-state index >= 15 is 0 Å². The molecule has 0 amide bonds. The molecule has 4 aromatic carbocycles. The number of hydrogen-bond donors (Lipinski definition) is 0. The van der Waals surface area contributed by atoms with Gasteiger partial charge in [-0.05, 0) is 70.5 Å². The lowest BCUT2D eigenvalue weighted by atomic mass is 9.69. The van der Waals surface area contributed by atoms with Crippen molar-refractivity contribution in [1.29, 1.82) is 0 Å². The van der Waals surface area contributed by atoms with Crippen molar-refractivity contribution in [3.63, 3.8) is 0 Å². The Bertz CT molecular complexity index is 1760. The van der Waals surface area contributed by atoms with Crippen LogP contribution in [0.3, 0.4) is 0 Å². The fourth-order valence-electron chi connectivity index (χ4n) is 6.88. The van der Waals surface area contributed by atoms with Crippen LogP contribution in [0.4, 0.5) is 0 Å². The van der Waals surface area contributed by atoms with E-state index in [1.165, 1.54) is 0 Å². The molecule has 52 heavy (non-hydrogen) atoms. The first kappa shape index (κ1) is 40.3. The molecule has 1 atom stereocenters. The van der Waals surface area contributed by atoms with Crippen molar-refractivity contribution in [2.45, 2.75) is 90.6 Å². The lowest BCUT2D eigenvalue weighted by Gasteiger charge is -2.45. The van der Waals surface area contributed by atoms with E-state index in [2.05, 4.69) is 58.7 Å². The highest BCUT2D eigenvalue weighted by molar-refractivity contribution is 6.32. The van der Waals surface area contributed by atoms with Crippen LogP contribution in [0.2, 0.25) is 0 Å². The zero-order valence-corrected chi connectivity index (χ0v) is 31.1. The number of carbonyl (C=O) groups excluding carboxylic acids is 3. The van der Waals surface area contributed by atoms with Crippen LogP contribution in [-0.4, -0.2) is 49.2 Å². The number of carbonyl (C=O) groups is 3. The van der Waals surface area contributed by atoms with Gasteiger partial charge in [-0.25, -0.2) is 0 Å². The number of hydrogen-bond acceptors (Lipinski definition) is 7. The summed E-state index contributed by atoms with van der Waals surface area (Å²) in [6.07, 6.45) is 8.20. The predicted octanol–water partition coefficient (Wildman–Crippen LogP) is 10.4. The fraction of sp³-hybridized carbons (Fsp3) is 0.400. The van der Waals surface area contributed by atoms with E-state index in [4.69, 9.17) is 18.9 Å². The summed E-state index contributed by atoms with van der Waals surface area (Å²) in [4.78, 5) is 42.7. The Morgan fingerprint density at radius 3 is 1.42 bits per heavy atom. The van der Waals surface area contributed by atoms with Crippen LogP contribution in [0, 0.1) is 5.41 Å². The third-order valence-corrected chi connectivity index (χ3v) is 9.55. The van der Waals surface area contributed by atoms with Crippen molar-refractivity contribution in [3.05, 3.63) is 105 Å². The molecule has 1 unspecified atom stereocenters. The lowest BCUT2D eigenvalue weighted by molar-refractivity contribution is -0.393. The minimum Gasteiger partial charge on any atom is -0.436 e. The maximum absolute atomic E-state index is 14.2. The molecule has 0 aromatic heterocycles. The van der Waals surface area contributed by atoms with Crippen molar-refractivity contribution >= 4 is 49.7 Å². The van der Waals surface area contributed by atoms with Gasteiger partial charge in [0, 0.05) is 12.0 Å². The van der Waals surface area contributed by atoms with E-state index in [-0.39, 0.29) is 19.8 Å². The van der Waals surface area contributed by atoms with Crippen LogP contribution in [0.1, 0.15) is 78.6 Å². The van der Waals surface area contributed by atoms with Crippen LogP contribution < -0.4 is 4.74 Å². The van der Waals surface area contributed by atoms with Gasteiger partial charge in [0.1, 0.15) is 5.75 Å². The molecule has 7 nitrogen and oxygen atoms in total. The standard InChI is InChI=1S/C45H54O7/c1-7-13-20-30-49-43(44(39(46)10-4,40(47)11-5)41(48)12-6)45(50-31-21-14-8-2,51-32-22-15-9-3)52-38-29-23-28-37-35-25-17-16-24-33(35)34-26-18-19-27-36(34)42(37)38/h10-12,16-19,23-29,43H,4-9,13-15,20-22,30-32H2,1-3H3. The number of unbranched alkanes of at least 4 members (excludes halogenated alkanes) is 6. The van der Waals surface area contributed by atoms with Gasteiger partial charge in [0.25, 0.3) is 0 Å². The summed E-state index contributed by atoms with van der Waals surface area (Å²) < 4.78 is 27.2. The molecule has 276 valence electrons. The molecule has 0 radical (unpaired) electrons. The molecule has 4 rings (SSSR count). The van der Waals surface area contributed by atoms with Crippen molar-refractivity contribution in [2.24, 2.45) is 5.41 Å². The summed E-state index contributed by atoms with van der Waals surface area (Å²) in [5.41, 5.74) is -2.55. The maximum atomic E-state index is 14.2. The molecular formula is C45H54O7. The van der Waals surface area contributed by atoms with E-state index < -0.39 is 34.8 Å². The summed E-state index contributed by atoms with van der Waals surface area (Å²) in [5.74, 6) is -4.55. The quantitative estimate of drug-likeness (QED) is 0.0223. The van der Waals surface area contributed by atoms with Gasteiger partial charge in [-0.15, -0.1) is 0 Å². The van der Waals surface area contributed by atoms with Crippen molar-refractivity contribution in [1.82, 2.24) is 0 Å². The molecule has 7 heteroatoms. The zero-order valence-electron chi connectivity index (χ0n) is 31.1. The number of benzene rings is 4. The van der Waals surface area contributed by atoms with Gasteiger partial charge in [-0.2, -0.15) is 0 Å². The lowest BCUT2D eigenvalue weighted by Crippen LogP contribution is -2.67. The predicted molar refractivity (Wildman–Crippen MR) is 211 cm³/mol. The van der Waals surface area contributed by atoms with E-state index in [0.717, 1.165) is 89.1 Å². The second-order valence-electron chi connectivity index (χ2n) is 13.1. The number of ketones is 3. The van der Waals surface area contributed by atoms with E-state index in [0.29, 0.717) is 25.0 Å². The Morgan fingerprint density at radius 2 is 0.981 bits per heavy atom. The molecule has 4 aromatic rings. The number of allylic oxidation sites excluding steroid dienone is 3. The fourth-order valence-corrected chi connectivity index (χ4v) is 6.88. The second-order valence-corrected chi connectivity index (χ2v) is 13.1. The SMILES string of the molecule is C=CC(=O)C(C(=O)C=C)(C(=O)C=C)C(OCCCCC)C(OCCCCC)(OCCCCC)Oc1cccc2c3ccccc3c3ccccc3c12. The summed E-state index contributed by atoms with van der Waals surface area (Å²) in [6, 6.07) is 22.0. The normalized spacial score (nSPS) is 12.5. The highest BCUT2D eigenvalue weighted by atomic mass is 16.9. The molecule has 0 aliphatic heterocycles. The topological polar surface area (TPSA) is 88.1 Å². The Balaban J connectivity index is 2.13.